The summed E-state index contributed by atoms with van der Waals surface area (Å²) < 4.78 is 0. The van der Waals surface area contributed by atoms with E-state index in [9.17, 15) is 4.79 Å². The highest BCUT2D eigenvalue weighted by molar-refractivity contribution is 5.73. The first-order valence-electron chi connectivity index (χ1n) is 5.67. The lowest BCUT2D eigenvalue weighted by Crippen LogP contribution is -2.17. The molecule has 14 heavy (non-hydrogen) atoms. The van der Waals surface area contributed by atoms with E-state index >= 15 is 0 Å². The largest absolute Gasteiger partial charge is 0.481 e. The first-order chi connectivity index (χ1) is 6.75. The van der Waals surface area contributed by atoms with E-state index < -0.39 is 5.97 Å². The lowest BCUT2D eigenvalue weighted by atomic mass is 9.86. The Morgan fingerprint density at radius 2 is 2.36 bits per heavy atom. The number of carbonyl (C=O) groups is 1. The molecule has 0 saturated heterocycles. The molecule has 1 rings (SSSR count). The Kier molecular flexibility index (Phi) is 4.71. The van der Waals surface area contributed by atoms with Crippen LogP contribution in [0.15, 0.2) is 11.6 Å². The molecular formula is C12H20O2. The van der Waals surface area contributed by atoms with Crippen molar-refractivity contribution in [3.8, 4) is 0 Å². The van der Waals surface area contributed by atoms with Crippen LogP contribution < -0.4 is 0 Å². The minimum atomic E-state index is -0.633. The Morgan fingerprint density at radius 3 is 2.86 bits per heavy atom. The van der Waals surface area contributed by atoms with Gasteiger partial charge in [-0.25, -0.2) is 0 Å². The van der Waals surface area contributed by atoms with Crippen molar-refractivity contribution in [3.05, 3.63) is 11.6 Å². The van der Waals surface area contributed by atoms with Crippen LogP contribution in [0.4, 0.5) is 0 Å². The highest BCUT2D eigenvalue weighted by atomic mass is 16.4. The van der Waals surface area contributed by atoms with Gasteiger partial charge in [-0.2, -0.15) is 0 Å². The van der Waals surface area contributed by atoms with Crippen molar-refractivity contribution in [1.29, 1.82) is 0 Å². The summed E-state index contributed by atoms with van der Waals surface area (Å²) in [6.45, 7) is 2.11. The molecule has 0 aromatic heterocycles. The molecule has 0 saturated carbocycles. The fourth-order valence-corrected chi connectivity index (χ4v) is 2.06. The molecule has 80 valence electrons. The second kappa shape index (κ2) is 5.84. The van der Waals surface area contributed by atoms with Gasteiger partial charge in [-0.1, -0.05) is 31.4 Å². The van der Waals surface area contributed by atoms with Gasteiger partial charge in [0.15, 0.2) is 0 Å². The van der Waals surface area contributed by atoms with Crippen LogP contribution in [0.3, 0.4) is 0 Å². The molecule has 0 amide bonds. The maximum Gasteiger partial charge on any atom is 0.310 e. The van der Waals surface area contributed by atoms with E-state index in [2.05, 4.69) is 13.0 Å². The van der Waals surface area contributed by atoms with Crippen molar-refractivity contribution in [2.24, 2.45) is 5.92 Å². The Balaban J connectivity index is 2.56. The van der Waals surface area contributed by atoms with E-state index in [0.29, 0.717) is 0 Å². The molecule has 0 fully saturated rings. The zero-order valence-corrected chi connectivity index (χ0v) is 8.96. The minimum absolute atomic E-state index is 0.199. The van der Waals surface area contributed by atoms with Crippen molar-refractivity contribution >= 4 is 5.97 Å². The molecule has 2 heteroatoms. The van der Waals surface area contributed by atoms with E-state index in [4.69, 9.17) is 5.11 Å². The van der Waals surface area contributed by atoms with Crippen molar-refractivity contribution in [3.63, 3.8) is 0 Å². The molecule has 1 aliphatic rings. The molecule has 0 spiro atoms. The van der Waals surface area contributed by atoms with Crippen molar-refractivity contribution < 1.29 is 9.90 Å². The fourth-order valence-electron chi connectivity index (χ4n) is 2.06. The Bertz CT molecular complexity index is 218. The third-order valence-corrected chi connectivity index (χ3v) is 2.92. The van der Waals surface area contributed by atoms with Gasteiger partial charge in [0, 0.05) is 0 Å². The average Bonchev–Trinajstić information content (AvgIpc) is 2.19. The maximum atomic E-state index is 11.1. The third-order valence-electron chi connectivity index (χ3n) is 2.92. The van der Waals surface area contributed by atoms with Crippen LogP contribution in [0.25, 0.3) is 0 Å². The van der Waals surface area contributed by atoms with Crippen LogP contribution in [0.1, 0.15) is 51.9 Å². The number of aliphatic carboxylic acids is 1. The summed E-state index contributed by atoms with van der Waals surface area (Å²) in [7, 11) is 0. The molecule has 0 radical (unpaired) electrons. The van der Waals surface area contributed by atoms with Crippen molar-refractivity contribution in [2.45, 2.75) is 51.9 Å². The summed E-state index contributed by atoms with van der Waals surface area (Å²) >= 11 is 0. The molecule has 1 aliphatic carbocycles. The zero-order chi connectivity index (χ0) is 10.4. The van der Waals surface area contributed by atoms with Crippen LogP contribution >= 0.6 is 0 Å². The number of unbranched alkanes of at least 4 members (excludes halogenated alkanes) is 1. The Labute approximate surface area is 86.0 Å². The van der Waals surface area contributed by atoms with Gasteiger partial charge in [-0.05, 0) is 32.1 Å². The average molecular weight is 196 g/mol. The lowest BCUT2D eigenvalue weighted by molar-refractivity contribution is -0.140. The predicted octanol–water partition coefficient (Wildman–Crippen LogP) is 3.38. The molecule has 0 aromatic rings. The third kappa shape index (κ3) is 3.17. The van der Waals surface area contributed by atoms with Gasteiger partial charge in [-0.3, -0.25) is 4.79 Å². The molecule has 1 N–H and O–H groups in total. The molecule has 0 heterocycles. The molecule has 1 atom stereocenters. The first-order valence-corrected chi connectivity index (χ1v) is 5.67. The van der Waals surface area contributed by atoms with Gasteiger partial charge in [0.2, 0.25) is 0 Å². The fraction of sp³-hybridized carbons (Fsp3) is 0.750. The number of allylic oxidation sites excluding steroid dienone is 1. The summed E-state index contributed by atoms with van der Waals surface area (Å²) in [5, 5.41) is 9.11. The summed E-state index contributed by atoms with van der Waals surface area (Å²) in [6, 6.07) is 0. The van der Waals surface area contributed by atoms with E-state index in [-0.39, 0.29) is 5.92 Å². The van der Waals surface area contributed by atoms with Crippen LogP contribution in [-0.2, 0) is 4.79 Å². The Morgan fingerprint density at radius 1 is 1.57 bits per heavy atom. The topological polar surface area (TPSA) is 37.3 Å². The quantitative estimate of drug-likeness (QED) is 0.684. The van der Waals surface area contributed by atoms with Gasteiger partial charge in [0.1, 0.15) is 0 Å². The SMILES string of the molecule is CCCC[C@H](C(=O)O)C1=CCCCC1. The highest BCUT2D eigenvalue weighted by Crippen LogP contribution is 2.27. The summed E-state index contributed by atoms with van der Waals surface area (Å²) in [5.74, 6) is -0.832. The lowest BCUT2D eigenvalue weighted by Gasteiger charge is -2.19. The minimum Gasteiger partial charge on any atom is -0.481 e. The van der Waals surface area contributed by atoms with Crippen molar-refractivity contribution in [2.75, 3.05) is 0 Å². The predicted molar refractivity (Wildman–Crippen MR) is 57.2 cm³/mol. The summed E-state index contributed by atoms with van der Waals surface area (Å²) in [5.41, 5.74) is 1.18. The highest BCUT2D eigenvalue weighted by Gasteiger charge is 2.22. The number of carboxylic acid groups (broad SMARTS) is 1. The standard InChI is InChI=1S/C12H20O2/c1-2-3-9-11(12(13)14)10-7-5-4-6-8-10/h7,11H,2-6,8-9H2,1H3,(H,13,14)/t11-/m0/s1. The van der Waals surface area contributed by atoms with Crippen molar-refractivity contribution in [1.82, 2.24) is 0 Å². The van der Waals surface area contributed by atoms with E-state index in [1.54, 1.807) is 0 Å². The maximum absolute atomic E-state index is 11.1. The normalized spacial score (nSPS) is 18.8. The van der Waals surface area contributed by atoms with Crippen LogP contribution in [-0.4, -0.2) is 11.1 Å². The van der Waals surface area contributed by atoms with Gasteiger partial charge in [-0.15, -0.1) is 0 Å². The molecule has 0 bridgehead atoms. The van der Waals surface area contributed by atoms with E-state index in [0.717, 1.165) is 32.1 Å². The zero-order valence-electron chi connectivity index (χ0n) is 8.96. The first kappa shape index (κ1) is 11.3. The van der Waals surface area contributed by atoms with Gasteiger partial charge in [0.25, 0.3) is 0 Å². The van der Waals surface area contributed by atoms with Gasteiger partial charge in [0.05, 0.1) is 5.92 Å². The monoisotopic (exact) mass is 196 g/mol. The molecule has 2 nitrogen and oxygen atoms in total. The summed E-state index contributed by atoms with van der Waals surface area (Å²) in [6.07, 6.45) is 9.54. The van der Waals surface area contributed by atoms with Crippen LogP contribution in [0, 0.1) is 5.92 Å². The Hall–Kier alpha value is -0.790. The number of hydrogen-bond donors (Lipinski definition) is 1. The number of carboxylic acids is 1. The van der Waals surface area contributed by atoms with E-state index in [1.165, 1.54) is 18.4 Å². The van der Waals surface area contributed by atoms with E-state index in [1.807, 2.05) is 0 Å². The molecular weight excluding hydrogens is 176 g/mol. The van der Waals surface area contributed by atoms with Crippen LogP contribution in [0.5, 0.6) is 0 Å². The van der Waals surface area contributed by atoms with Crippen LogP contribution in [0.2, 0.25) is 0 Å². The number of hydrogen-bond acceptors (Lipinski definition) is 1. The van der Waals surface area contributed by atoms with Gasteiger partial charge >= 0.3 is 5.97 Å². The second-order valence-electron chi connectivity index (χ2n) is 4.06. The molecule has 0 aromatic carbocycles. The smallest absolute Gasteiger partial charge is 0.310 e. The van der Waals surface area contributed by atoms with Gasteiger partial charge < -0.3 is 5.11 Å². The molecule has 0 unspecified atom stereocenters. The molecule has 0 aliphatic heterocycles. The second-order valence-corrected chi connectivity index (χ2v) is 4.06. The number of rotatable bonds is 5. The summed E-state index contributed by atoms with van der Waals surface area (Å²) in [4.78, 5) is 11.1.